The molecule has 0 aliphatic carbocycles. The van der Waals surface area contributed by atoms with Gasteiger partial charge in [-0.3, -0.25) is 9.48 Å². The summed E-state index contributed by atoms with van der Waals surface area (Å²) >= 11 is 1.09. The van der Waals surface area contributed by atoms with E-state index in [1.54, 1.807) is 15.4 Å². The Kier molecular flexibility index (Phi) is 4.74. The number of hydrogen-bond acceptors (Lipinski definition) is 6. The number of rotatable bonds is 7. The molecule has 0 saturated carbocycles. The number of carboxylic acids is 1. The number of hydrogen-bond donors (Lipinski definition) is 2. The van der Waals surface area contributed by atoms with Crippen LogP contribution in [-0.4, -0.2) is 46.5 Å². The second kappa shape index (κ2) is 6.53. The zero-order valence-corrected chi connectivity index (χ0v) is 11.7. The van der Waals surface area contributed by atoms with Crippen LogP contribution in [0.2, 0.25) is 0 Å². The van der Waals surface area contributed by atoms with E-state index in [2.05, 4.69) is 15.3 Å². The van der Waals surface area contributed by atoms with Crippen molar-refractivity contribution in [3.05, 3.63) is 23.8 Å². The first kappa shape index (κ1) is 14.5. The van der Waals surface area contributed by atoms with Gasteiger partial charge >= 0.3 is 5.97 Å². The van der Waals surface area contributed by atoms with Gasteiger partial charge in [-0.05, 0) is 6.07 Å². The molecule has 0 saturated heterocycles. The van der Waals surface area contributed by atoms with Crippen LogP contribution in [0.25, 0.3) is 0 Å². The topological polar surface area (TPSA) is 106 Å². The third-order valence-corrected chi connectivity index (χ3v) is 3.73. The molecule has 0 aliphatic rings. The van der Waals surface area contributed by atoms with Crippen molar-refractivity contribution in [3.8, 4) is 0 Å². The van der Waals surface area contributed by atoms with E-state index in [0.29, 0.717) is 23.9 Å². The Morgan fingerprint density at radius 3 is 2.85 bits per heavy atom. The Labute approximate surface area is 119 Å². The molecule has 0 unspecified atom stereocenters. The first-order valence-corrected chi connectivity index (χ1v) is 6.94. The molecule has 9 heteroatoms. The lowest BCUT2D eigenvalue weighted by molar-refractivity contribution is -0.133. The summed E-state index contributed by atoms with van der Waals surface area (Å²) in [6.45, 7) is 0.330. The molecule has 0 spiro atoms. The molecule has 20 heavy (non-hydrogen) atoms. The lowest BCUT2D eigenvalue weighted by atomic mass is 10.3. The van der Waals surface area contributed by atoms with Crippen molar-refractivity contribution < 1.29 is 15.0 Å². The molecule has 0 aromatic carbocycles. The van der Waals surface area contributed by atoms with Crippen molar-refractivity contribution in [2.45, 2.75) is 24.7 Å². The Balaban J connectivity index is 2.10. The van der Waals surface area contributed by atoms with Gasteiger partial charge in [0.2, 0.25) is 0 Å². The summed E-state index contributed by atoms with van der Waals surface area (Å²) in [6, 6.07) is 1.91. The number of aliphatic carboxylic acids is 1. The Hall–Kier alpha value is -1.87. The maximum atomic E-state index is 10.6. The normalized spacial score (nSPS) is 10.9. The second-order valence-corrected chi connectivity index (χ2v) is 5.03. The zero-order chi connectivity index (χ0) is 14.5. The van der Waals surface area contributed by atoms with Gasteiger partial charge in [0.15, 0.2) is 11.0 Å². The monoisotopic (exact) mass is 297 g/mol. The highest BCUT2D eigenvalue weighted by atomic mass is 32.2. The lowest BCUT2D eigenvalue weighted by Gasteiger charge is -2.08. The largest absolute Gasteiger partial charge is 0.481 e. The minimum atomic E-state index is -0.915. The van der Waals surface area contributed by atoms with Crippen LogP contribution in [0.3, 0.4) is 0 Å². The van der Waals surface area contributed by atoms with Gasteiger partial charge in [0, 0.05) is 31.9 Å². The second-order valence-electron chi connectivity index (χ2n) is 4.09. The number of carboxylic acid groups (broad SMARTS) is 1. The van der Waals surface area contributed by atoms with E-state index in [1.807, 2.05) is 13.1 Å². The molecule has 0 aliphatic heterocycles. The van der Waals surface area contributed by atoms with Crippen molar-refractivity contribution in [1.82, 2.24) is 24.5 Å². The van der Waals surface area contributed by atoms with Crippen LogP contribution in [0.15, 0.2) is 17.4 Å². The van der Waals surface area contributed by atoms with Gasteiger partial charge in [-0.15, -0.1) is 10.2 Å². The molecule has 0 atom stereocenters. The minimum absolute atomic E-state index is 0.0880. The molecule has 0 bridgehead atoms. The van der Waals surface area contributed by atoms with Gasteiger partial charge in [0.1, 0.15) is 6.61 Å². The minimum Gasteiger partial charge on any atom is -0.481 e. The van der Waals surface area contributed by atoms with E-state index in [-0.39, 0.29) is 12.4 Å². The molecule has 8 nitrogen and oxygen atoms in total. The third-order valence-electron chi connectivity index (χ3n) is 2.77. The van der Waals surface area contributed by atoms with Gasteiger partial charge in [-0.2, -0.15) is 5.10 Å². The summed E-state index contributed by atoms with van der Waals surface area (Å²) in [4.78, 5) is 10.6. The predicted octanol–water partition coefficient (Wildman–Crippen LogP) is -0.0767. The fourth-order valence-electron chi connectivity index (χ4n) is 1.77. The van der Waals surface area contributed by atoms with Crippen LogP contribution in [0.1, 0.15) is 11.5 Å². The molecule has 2 aromatic heterocycles. The summed E-state index contributed by atoms with van der Waals surface area (Å²) in [5.41, 5.74) is 1.04. The number of aliphatic hydroxyl groups is 1. The van der Waals surface area contributed by atoms with E-state index in [4.69, 9.17) is 5.11 Å². The Bertz CT molecular complexity index is 595. The first-order chi connectivity index (χ1) is 9.61. The standard InChI is InChI=1S/C11H15N5O3S/c1-15-8(2-4-12-15)3-5-16-9(6-17)13-14-11(16)20-7-10(18)19/h2,4,17H,3,5-7H2,1H3,(H,18,19). The van der Waals surface area contributed by atoms with E-state index in [0.717, 1.165) is 17.5 Å². The summed E-state index contributed by atoms with van der Waals surface area (Å²) in [5, 5.41) is 30.3. The number of aliphatic hydroxyl groups excluding tert-OH is 1. The Morgan fingerprint density at radius 1 is 1.45 bits per heavy atom. The van der Waals surface area contributed by atoms with Crippen LogP contribution in [0, 0.1) is 0 Å². The highest BCUT2D eigenvalue weighted by molar-refractivity contribution is 7.99. The maximum absolute atomic E-state index is 10.6. The van der Waals surface area contributed by atoms with Gasteiger partial charge in [-0.25, -0.2) is 0 Å². The fraction of sp³-hybridized carbons (Fsp3) is 0.455. The molecule has 0 radical (unpaired) electrons. The molecule has 0 amide bonds. The molecular formula is C11H15N5O3S. The number of nitrogens with zero attached hydrogens (tertiary/aromatic N) is 5. The third kappa shape index (κ3) is 3.36. The number of aromatic nitrogens is 5. The summed E-state index contributed by atoms with van der Waals surface area (Å²) in [6.07, 6.45) is 2.41. The van der Waals surface area contributed by atoms with Crippen molar-refractivity contribution >= 4 is 17.7 Å². The first-order valence-electron chi connectivity index (χ1n) is 5.96. The van der Waals surface area contributed by atoms with E-state index >= 15 is 0 Å². The summed E-state index contributed by atoms with van der Waals surface area (Å²) in [7, 11) is 1.86. The van der Waals surface area contributed by atoms with Crippen LogP contribution < -0.4 is 0 Å². The van der Waals surface area contributed by atoms with Crippen LogP contribution in [0.5, 0.6) is 0 Å². The number of aryl methyl sites for hydroxylation is 2. The van der Waals surface area contributed by atoms with Crippen LogP contribution in [-0.2, 0) is 31.4 Å². The molecule has 2 N–H and O–H groups in total. The van der Waals surface area contributed by atoms with Gasteiger partial charge in [0.05, 0.1) is 5.75 Å². The molecule has 2 aromatic rings. The SMILES string of the molecule is Cn1nccc1CCn1c(CO)nnc1SCC(=O)O. The molecular weight excluding hydrogens is 282 g/mol. The van der Waals surface area contributed by atoms with Gasteiger partial charge < -0.3 is 14.8 Å². The molecule has 2 rings (SSSR count). The van der Waals surface area contributed by atoms with Crippen molar-refractivity contribution in [2.75, 3.05) is 5.75 Å². The van der Waals surface area contributed by atoms with Crippen molar-refractivity contribution in [1.29, 1.82) is 0 Å². The Morgan fingerprint density at radius 2 is 2.25 bits per heavy atom. The number of thioether (sulfide) groups is 1. The lowest BCUT2D eigenvalue weighted by Crippen LogP contribution is -2.10. The quantitative estimate of drug-likeness (QED) is 0.689. The van der Waals surface area contributed by atoms with E-state index < -0.39 is 5.97 Å². The number of carbonyl (C=O) groups is 1. The summed E-state index contributed by atoms with van der Waals surface area (Å²) in [5.74, 6) is -0.572. The maximum Gasteiger partial charge on any atom is 0.313 e. The average molecular weight is 297 g/mol. The van der Waals surface area contributed by atoms with Crippen molar-refractivity contribution in [3.63, 3.8) is 0 Å². The smallest absolute Gasteiger partial charge is 0.313 e. The van der Waals surface area contributed by atoms with Crippen molar-refractivity contribution in [2.24, 2.45) is 7.05 Å². The van der Waals surface area contributed by atoms with Gasteiger partial charge in [-0.1, -0.05) is 11.8 Å². The van der Waals surface area contributed by atoms with E-state index in [9.17, 15) is 9.90 Å². The predicted molar refractivity (Wildman–Crippen MR) is 71.2 cm³/mol. The van der Waals surface area contributed by atoms with Crippen LogP contribution in [0.4, 0.5) is 0 Å². The molecule has 2 heterocycles. The average Bonchev–Trinajstić information content (AvgIpc) is 2.99. The highest BCUT2D eigenvalue weighted by Crippen LogP contribution is 2.17. The highest BCUT2D eigenvalue weighted by Gasteiger charge is 2.13. The van der Waals surface area contributed by atoms with E-state index in [1.165, 1.54) is 0 Å². The van der Waals surface area contributed by atoms with Gasteiger partial charge in [0.25, 0.3) is 0 Å². The van der Waals surface area contributed by atoms with Crippen LogP contribution >= 0.6 is 11.8 Å². The fourth-order valence-corrected chi connectivity index (χ4v) is 2.47. The zero-order valence-electron chi connectivity index (χ0n) is 10.9. The molecule has 108 valence electrons. The summed E-state index contributed by atoms with van der Waals surface area (Å²) < 4.78 is 3.51. The molecule has 0 fully saturated rings.